The van der Waals surface area contributed by atoms with E-state index in [1.54, 1.807) is 0 Å². The predicted molar refractivity (Wildman–Crippen MR) is 236 cm³/mol. The van der Waals surface area contributed by atoms with Gasteiger partial charge in [-0.3, -0.25) is 0 Å². The van der Waals surface area contributed by atoms with Crippen LogP contribution in [0.1, 0.15) is 166 Å². The maximum absolute atomic E-state index is 6.09. The minimum Gasteiger partial charge on any atom is -0.381 e. The topological polar surface area (TPSA) is 27.7 Å². The van der Waals surface area contributed by atoms with E-state index in [1.807, 2.05) is 0 Å². The monoisotopic (exact) mass is 751 g/mol. The molecule has 304 valence electrons. The molecule has 2 atom stereocenters. The SMILES string of the molecule is CCCCCCCOCC1=CCC(C)(c2ccccc2CCCCCOCCCCCc2ccccc2C2(C)C=CC(COCCCCCCC)=CC2)C=C1. The molecular formula is C52H78O3. The van der Waals surface area contributed by atoms with Gasteiger partial charge in [-0.2, -0.15) is 0 Å². The Morgan fingerprint density at radius 1 is 0.455 bits per heavy atom. The summed E-state index contributed by atoms with van der Waals surface area (Å²) in [5, 5.41) is 0. The van der Waals surface area contributed by atoms with Gasteiger partial charge in [-0.05, 0) is 97.6 Å². The van der Waals surface area contributed by atoms with E-state index in [0.717, 1.165) is 78.2 Å². The Labute approximate surface area is 338 Å². The van der Waals surface area contributed by atoms with Crippen molar-refractivity contribution in [1.29, 1.82) is 0 Å². The van der Waals surface area contributed by atoms with Gasteiger partial charge < -0.3 is 14.2 Å². The van der Waals surface area contributed by atoms with E-state index in [2.05, 4.69) is 113 Å². The number of hydrogen-bond donors (Lipinski definition) is 0. The first-order chi connectivity index (χ1) is 27.0. The van der Waals surface area contributed by atoms with Crippen LogP contribution in [0.4, 0.5) is 0 Å². The van der Waals surface area contributed by atoms with Crippen LogP contribution in [0.15, 0.2) is 96.1 Å². The van der Waals surface area contributed by atoms with Crippen LogP contribution in [-0.4, -0.2) is 39.6 Å². The summed E-state index contributed by atoms with van der Waals surface area (Å²) >= 11 is 0. The third kappa shape index (κ3) is 16.3. The van der Waals surface area contributed by atoms with Crippen molar-refractivity contribution in [3.63, 3.8) is 0 Å². The Kier molecular flexibility index (Phi) is 21.5. The van der Waals surface area contributed by atoms with Crippen LogP contribution in [-0.2, 0) is 37.9 Å². The second-order valence-electron chi connectivity index (χ2n) is 16.9. The zero-order chi connectivity index (χ0) is 38.9. The summed E-state index contributed by atoms with van der Waals surface area (Å²) in [6.45, 7) is 14.3. The summed E-state index contributed by atoms with van der Waals surface area (Å²) < 4.78 is 18.1. The maximum atomic E-state index is 6.09. The third-order valence-electron chi connectivity index (χ3n) is 12.0. The van der Waals surface area contributed by atoms with E-state index in [9.17, 15) is 0 Å². The molecule has 0 saturated carbocycles. The first kappa shape index (κ1) is 45.0. The highest BCUT2D eigenvalue weighted by Crippen LogP contribution is 2.37. The van der Waals surface area contributed by atoms with Crippen LogP contribution in [0.5, 0.6) is 0 Å². The van der Waals surface area contributed by atoms with Crippen molar-refractivity contribution in [3.05, 3.63) is 118 Å². The lowest BCUT2D eigenvalue weighted by molar-refractivity contribution is 0.126. The van der Waals surface area contributed by atoms with Crippen molar-refractivity contribution in [1.82, 2.24) is 0 Å². The Morgan fingerprint density at radius 3 is 1.24 bits per heavy atom. The number of unbranched alkanes of at least 4 members (excludes halogenated alkanes) is 12. The minimum atomic E-state index is 0.0555. The summed E-state index contributed by atoms with van der Waals surface area (Å²) in [4.78, 5) is 0. The number of rotatable bonds is 30. The van der Waals surface area contributed by atoms with Crippen molar-refractivity contribution in [2.75, 3.05) is 39.6 Å². The van der Waals surface area contributed by atoms with Crippen molar-refractivity contribution in [2.45, 2.75) is 167 Å². The van der Waals surface area contributed by atoms with E-state index in [0.29, 0.717) is 0 Å². The zero-order valence-electron chi connectivity index (χ0n) is 35.7. The van der Waals surface area contributed by atoms with Crippen LogP contribution in [0.25, 0.3) is 0 Å². The fourth-order valence-electron chi connectivity index (χ4n) is 8.23. The van der Waals surface area contributed by atoms with Gasteiger partial charge in [0.25, 0.3) is 0 Å². The van der Waals surface area contributed by atoms with Crippen molar-refractivity contribution in [2.24, 2.45) is 0 Å². The van der Waals surface area contributed by atoms with Crippen LogP contribution in [0.3, 0.4) is 0 Å². The molecule has 0 fully saturated rings. The highest BCUT2D eigenvalue weighted by Gasteiger charge is 2.28. The lowest BCUT2D eigenvalue weighted by Gasteiger charge is -2.31. The molecule has 3 heteroatoms. The molecule has 2 aliphatic carbocycles. The van der Waals surface area contributed by atoms with Gasteiger partial charge in [0, 0.05) is 37.3 Å². The van der Waals surface area contributed by atoms with Crippen LogP contribution >= 0.6 is 0 Å². The van der Waals surface area contributed by atoms with Crippen LogP contribution in [0, 0.1) is 0 Å². The Morgan fingerprint density at radius 2 is 0.836 bits per heavy atom. The number of aryl methyl sites for hydroxylation is 2. The van der Waals surface area contributed by atoms with Gasteiger partial charge in [-0.15, -0.1) is 0 Å². The second-order valence-corrected chi connectivity index (χ2v) is 16.9. The molecule has 0 radical (unpaired) electrons. The van der Waals surface area contributed by atoms with Crippen molar-refractivity contribution < 1.29 is 14.2 Å². The number of benzene rings is 2. The number of hydrogen-bond acceptors (Lipinski definition) is 3. The third-order valence-corrected chi connectivity index (χ3v) is 12.0. The molecule has 0 bridgehead atoms. The molecule has 2 unspecified atom stereocenters. The van der Waals surface area contributed by atoms with E-state index in [1.165, 1.54) is 123 Å². The number of allylic oxidation sites excluding steroid dienone is 4. The van der Waals surface area contributed by atoms with Gasteiger partial charge in [0.15, 0.2) is 0 Å². The quantitative estimate of drug-likeness (QED) is 0.0744. The highest BCUT2D eigenvalue weighted by atomic mass is 16.5. The van der Waals surface area contributed by atoms with Gasteiger partial charge in [0.2, 0.25) is 0 Å². The first-order valence-electron chi connectivity index (χ1n) is 22.6. The molecule has 0 N–H and O–H groups in total. The molecule has 0 aromatic heterocycles. The molecule has 0 saturated heterocycles. The maximum Gasteiger partial charge on any atom is 0.0713 e. The molecule has 0 amide bonds. The lowest BCUT2D eigenvalue weighted by atomic mass is 9.74. The molecule has 55 heavy (non-hydrogen) atoms. The molecule has 3 nitrogen and oxygen atoms in total. The Hall–Kier alpha value is -2.72. The van der Waals surface area contributed by atoms with Gasteiger partial charge in [-0.25, -0.2) is 0 Å². The molecule has 2 aliphatic rings. The summed E-state index contributed by atoms with van der Waals surface area (Å²) in [5.41, 5.74) is 8.73. The number of ether oxygens (including phenoxy) is 3. The molecular weight excluding hydrogens is 673 g/mol. The molecule has 0 spiro atoms. The lowest BCUT2D eigenvalue weighted by Crippen LogP contribution is -2.23. The average Bonchev–Trinajstić information content (AvgIpc) is 3.21. The minimum absolute atomic E-state index is 0.0555. The van der Waals surface area contributed by atoms with Gasteiger partial charge in [0.1, 0.15) is 0 Å². The second kappa shape index (κ2) is 26.2. The predicted octanol–water partition coefficient (Wildman–Crippen LogP) is 14.1. The van der Waals surface area contributed by atoms with E-state index in [-0.39, 0.29) is 10.8 Å². The highest BCUT2D eigenvalue weighted by molar-refractivity contribution is 5.44. The van der Waals surface area contributed by atoms with Gasteiger partial charge in [0.05, 0.1) is 13.2 Å². The zero-order valence-corrected chi connectivity index (χ0v) is 35.7. The van der Waals surface area contributed by atoms with E-state index in [4.69, 9.17) is 14.2 Å². The standard InChI is InChI=1S/C52H78O3/c1-5-7-9-11-21-41-54-43-45-31-35-51(3,36-32-45)49-29-19-17-27-47(49)25-15-13-23-39-53-40-24-14-16-26-48-28-18-20-30-50(48)52(4)37-33-46(34-38-52)44-55-42-22-12-10-8-6-2/h17-20,27-35,37H,5-16,21-26,36,38-44H2,1-4H3. The summed E-state index contributed by atoms with van der Waals surface area (Å²) in [5.74, 6) is 0. The van der Waals surface area contributed by atoms with Gasteiger partial charge in [-0.1, -0.05) is 177 Å². The summed E-state index contributed by atoms with van der Waals surface area (Å²) in [6, 6.07) is 18.2. The molecule has 0 heterocycles. The van der Waals surface area contributed by atoms with E-state index < -0.39 is 0 Å². The Balaban J connectivity index is 1.06. The summed E-state index contributed by atoms with van der Waals surface area (Å²) in [7, 11) is 0. The van der Waals surface area contributed by atoms with Crippen LogP contribution < -0.4 is 0 Å². The normalized spacial score (nSPS) is 19.5. The molecule has 2 aromatic rings. The van der Waals surface area contributed by atoms with Crippen LogP contribution in [0.2, 0.25) is 0 Å². The van der Waals surface area contributed by atoms with E-state index >= 15 is 0 Å². The molecule has 4 rings (SSSR count). The first-order valence-corrected chi connectivity index (χ1v) is 22.6. The fourth-order valence-corrected chi connectivity index (χ4v) is 8.23. The van der Waals surface area contributed by atoms with Crippen molar-refractivity contribution in [3.8, 4) is 0 Å². The molecule has 2 aromatic carbocycles. The van der Waals surface area contributed by atoms with Gasteiger partial charge >= 0.3 is 0 Å². The van der Waals surface area contributed by atoms with Crippen molar-refractivity contribution >= 4 is 0 Å². The smallest absolute Gasteiger partial charge is 0.0713 e. The Bertz CT molecular complexity index is 1360. The fraction of sp³-hybridized carbons (Fsp3) is 0.615. The average molecular weight is 751 g/mol. The summed E-state index contributed by atoms with van der Waals surface area (Å²) in [6.07, 6.45) is 38.6. The molecule has 0 aliphatic heterocycles. The largest absolute Gasteiger partial charge is 0.381 e.